The van der Waals surface area contributed by atoms with Gasteiger partial charge in [-0.2, -0.15) is 4.98 Å². The van der Waals surface area contributed by atoms with Crippen molar-refractivity contribution in [2.24, 2.45) is 0 Å². The van der Waals surface area contributed by atoms with Gasteiger partial charge in [0.25, 0.3) is 5.91 Å². The minimum absolute atomic E-state index is 0.0388. The Morgan fingerprint density at radius 2 is 2.13 bits per heavy atom. The number of carbonyl (C=O) groups is 1. The van der Waals surface area contributed by atoms with Crippen LogP contribution < -0.4 is 0 Å². The van der Waals surface area contributed by atoms with Crippen molar-refractivity contribution in [2.75, 3.05) is 13.1 Å². The van der Waals surface area contributed by atoms with Crippen LogP contribution in [0.2, 0.25) is 0 Å². The number of hydrogen-bond acceptors (Lipinski definition) is 7. The molecule has 1 aliphatic rings. The first-order valence-corrected chi connectivity index (χ1v) is 7.18. The maximum absolute atomic E-state index is 12.2. The van der Waals surface area contributed by atoms with Crippen molar-refractivity contribution in [3.05, 3.63) is 47.8 Å². The van der Waals surface area contributed by atoms with Crippen molar-refractivity contribution >= 4 is 5.91 Å². The van der Waals surface area contributed by atoms with Crippen LogP contribution in [0.5, 0.6) is 0 Å². The van der Waals surface area contributed by atoms with E-state index < -0.39 is 0 Å². The molecule has 0 bridgehead atoms. The summed E-state index contributed by atoms with van der Waals surface area (Å²) in [5.41, 5.74) is 0.980. The molecule has 0 aromatic carbocycles. The van der Waals surface area contributed by atoms with Crippen LogP contribution in [0.15, 0.2) is 39.5 Å². The summed E-state index contributed by atoms with van der Waals surface area (Å²) in [5.74, 6) is 1.48. The number of nitrogens with zero attached hydrogens (tertiary/aromatic N) is 5. The predicted octanol–water partition coefficient (Wildman–Crippen LogP) is 1.67. The van der Waals surface area contributed by atoms with E-state index in [4.69, 9.17) is 9.05 Å². The Hall–Kier alpha value is -3.03. The molecule has 1 fully saturated rings. The van der Waals surface area contributed by atoms with Crippen molar-refractivity contribution in [1.29, 1.82) is 0 Å². The van der Waals surface area contributed by atoms with E-state index in [0.29, 0.717) is 42.0 Å². The lowest BCUT2D eigenvalue weighted by molar-refractivity contribution is 0.0558. The molecule has 23 heavy (non-hydrogen) atoms. The summed E-state index contributed by atoms with van der Waals surface area (Å²) in [6, 6.07) is 7.13. The number of likely N-dealkylation sites (tertiary alicyclic amines) is 1. The molecule has 8 nitrogen and oxygen atoms in total. The van der Waals surface area contributed by atoms with Gasteiger partial charge in [-0.15, -0.1) is 0 Å². The van der Waals surface area contributed by atoms with Crippen molar-refractivity contribution in [3.63, 3.8) is 0 Å². The molecule has 8 heteroatoms. The standard InChI is InChI=1S/C15H13N5O3/c1-9-6-12(18-22-9)15(21)20-7-10(8-20)14-17-13(19-23-14)11-4-2-3-5-16-11/h2-6,10H,7-8H2,1H3. The van der Waals surface area contributed by atoms with Gasteiger partial charge in [-0.05, 0) is 19.1 Å². The summed E-state index contributed by atoms with van der Waals surface area (Å²) in [4.78, 5) is 22.4. The van der Waals surface area contributed by atoms with Crippen LogP contribution in [0.25, 0.3) is 11.5 Å². The van der Waals surface area contributed by atoms with E-state index >= 15 is 0 Å². The highest BCUT2D eigenvalue weighted by molar-refractivity contribution is 5.92. The molecule has 116 valence electrons. The summed E-state index contributed by atoms with van der Waals surface area (Å²) in [7, 11) is 0. The number of aryl methyl sites for hydroxylation is 1. The second kappa shape index (κ2) is 5.31. The Balaban J connectivity index is 1.42. The van der Waals surface area contributed by atoms with Crippen LogP contribution in [-0.2, 0) is 0 Å². The van der Waals surface area contributed by atoms with E-state index in [-0.39, 0.29) is 11.8 Å². The topological polar surface area (TPSA) is 98.2 Å². The first kappa shape index (κ1) is 13.6. The van der Waals surface area contributed by atoms with Gasteiger partial charge in [-0.25, -0.2) is 0 Å². The van der Waals surface area contributed by atoms with Crippen LogP contribution in [0.3, 0.4) is 0 Å². The fourth-order valence-corrected chi connectivity index (χ4v) is 2.43. The fraction of sp³-hybridized carbons (Fsp3) is 0.267. The van der Waals surface area contributed by atoms with Crippen LogP contribution >= 0.6 is 0 Å². The van der Waals surface area contributed by atoms with Gasteiger partial charge in [0.05, 0.1) is 5.92 Å². The quantitative estimate of drug-likeness (QED) is 0.725. The zero-order valence-electron chi connectivity index (χ0n) is 12.3. The number of hydrogen-bond donors (Lipinski definition) is 0. The number of pyridine rings is 1. The Morgan fingerprint density at radius 1 is 1.26 bits per heavy atom. The van der Waals surface area contributed by atoms with Gasteiger partial charge in [0, 0.05) is 25.4 Å². The normalized spacial score (nSPS) is 14.7. The van der Waals surface area contributed by atoms with Crippen molar-refractivity contribution in [1.82, 2.24) is 25.2 Å². The van der Waals surface area contributed by atoms with Crippen LogP contribution in [0, 0.1) is 6.92 Å². The molecule has 1 amide bonds. The molecule has 1 aliphatic heterocycles. The molecule has 0 unspecified atom stereocenters. The van der Waals surface area contributed by atoms with Gasteiger partial charge in [0.1, 0.15) is 11.5 Å². The van der Waals surface area contributed by atoms with Crippen LogP contribution in [0.4, 0.5) is 0 Å². The average Bonchev–Trinajstić information content (AvgIpc) is 3.16. The van der Waals surface area contributed by atoms with E-state index in [0.717, 1.165) is 0 Å². The third kappa shape index (κ3) is 2.48. The highest BCUT2D eigenvalue weighted by Crippen LogP contribution is 2.28. The van der Waals surface area contributed by atoms with Gasteiger partial charge < -0.3 is 13.9 Å². The lowest BCUT2D eigenvalue weighted by Gasteiger charge is -2.36. The molecule has 0 atom stereocenters. The molecule has 0 saturated carbocycles. The molecule has 0 aliphatic carbocycles. The molecule has 0 spiro atoms. The second-order valence-corrected chi connectivity index (χ2v) is 5.40. The fourth-order valence-electron chi connectivity index (χ4n) is 2.43. The van der Waals surface area contributed by atoms with Crippen molar-refractivity contribution < 1.29 is 13.8 Å². The molecule has 4 heterocycles. The lowest BCUT2D eigenvalue weighted by Crippen LogP contribution is -2.48. The lowest BCUT2D eigenvalue weighted by atomic mass is 9.99. The molecule has 4 rings (SSSR count). The monoisotopic (exact) mass is 311 g/mol. The minimum atomic E-state index is -0.150. The highest BCUT2D eigenvalue weighted by Gasteiger charge is 2.37. The molecular weight excluding hydrogens is 298 g/mol. The first-order chi connectivity index (χ1) is 11.2. The Kier molecular flexibility index (Phi) is 3.14. The summed E-state index contributed by atoms with van der Waals surface area (Å²) >= 11 is 0. The SMILES string of the molecule is Cc1cc(C(=O)N2CC(c3nc(-c4ccccn4)no3)C2)no1. The Labute approximate surface area is 131 Å². The summed E-state index contributed by atoms with van der Waals surface area (Å²) in [5, 5.41) is 7.68. The van der Waals surface area contributed by atoms with E-state index in [2.05, 4.69) is 20.3 Å². The van der Waals surface area contributed by atoms with Crippen molar-refractivity contribution in [3.8, 4) is 11.5 Å². The molecule has 1 saturated heterocycles. The zero-order chi connectivity index (χ0) is 15.8. The maximum Gasteiger partial charge on any atom is 0.276 e. The average molecular weight is 311 g/mol. The van der Waals surface area contributed by atoms with Gasteiger partial charge >= 0.3 is 0 Å². The first-order valence-electron chi connectivity index (χ1n) is 7.18. The number of carbonyl (C=O) groups excluding carboxylic acids is 1. The van der Waals surface area contributed by atoms with E-state index in [1.54, 1.807) is 24.1 Å². The third-order valence-corrected chi connectivity index (χ3v) is 3.70. The molecule has 3 aromatic heterocycles. The van der Waals surface area contributed by atoms with E-state index in [1.807, 2.05) is 18.2 Å². The smallest absolute Gasteiger partial charge is 0.276 e. The van der Waals surface area contributed by atoms with E-state index in [1.165, 1.54) is 0 Å². The van der Waals surface area contributed by atoms with Crippen molar-refractivity contribution in [2.45, 2.75) is 12.8 Å². The Bertz CT molecular complexity index is 836. The van der Waals surface area contributed by atoms with Crippen LogP contribution in [0.1, 0.15) is 28.1 Å². The summed E-state index contributed by atoms with van der Waals surface area (Å²) in [6.07, 6.45) is 1.68. The molecule has 0 N–H and O–H groups in total. The molecule has 0 radical (unpaired) electrons. The van der Waals surface area contributed by atoms with Gasteiger partial charge in [0.15, 0.2) is 5.69 Å². The number of rotatable bonds is 3. The van der Waals surface area contributed by atoms with Gasteiger partial charge in [-0.1, -0.05) is 16.4 Å². The number of aromatic nitrogens is 4. The largest absolute Gasteiger partial charge is 0.361 e. The van der Waals surface area contributed by atoms with Gasteiger partial charge in [-0.3, -0.25) is 9.78 Å². The van der Waals surface area contributed by atoms with E-state index in [9.17, 15) is 4.79 Å². The second-order valence-electron chi connectivity index (χ2n) is 5.40. The van der Waals surface area contributed by atoms with Crippen LogP contribution in [-0.4, -0.2) is 44.2 Å². The molecule has 3 aromatic rings. The summed E-state index contributed by atoms with van der Waals surface area (Å²) < 4.78 is 10.2. The minimum Gasteiger partial charge on any atom is -0.361 e. The maximum atomic E-state index is 12.2. The predicted molar refractivity (Wildman–Crippen MR) is 77.4 cm³/mol. The van der Waals surface area contributed by atoms with Gasteiger partial charge in [0.2, 0.25) is 11.7 Å². The Morgan fingerprint density at radius 3 is 2.83 bits per heavy atom. The summed E-state index contributed by atoms with van der Waals surface area (Å²) in [6.45, 7) is 2.80. The zero-order valence-corrected chi connectivity index (χ0v) is 12.3. The number of amides is 1. The molecular formula is C15H13N5O3. The third-order valence-electron chi connectivity index (χ3n) is 3.70. The highest BCUT2D eigenvalue weighted by atomic mass is 16.5.